The van der Waals surface area contributed by atoms with Crippen molar-refractivity contribution in [3.05, 3.63) is 35.8 Å². The van der Waals surface area contributed by atoms with Crippen LogP contribution in [0.2, 0.25) is 0 Å². The average Bonchev–Trinajstić information content (AvgIpc) is 3.13. The molecule has 0 bridgehead atoms. The van der Waals surface area contributed by atoms with E-state index in [0.717, 1.165) is 37.3 Å². The molecule has 1 aromatic carbocycles. The van der Waals surface area contributed by atoms with Gasteiger partial charge >= 0.3 is 0 Å². The first-order valence-corrected chi connectivity index (χ1v) is 9.33. The lowest BCUT2D eigenvalue weighted by atomic mass is 10.2. The predicted octanol–water partition coefficient (Wildman–Crippen LogP) is 1.58. The monoisotopic (exact) mass is 388 g/mol. The molecule has 1 fully saturated rings. The number of nitrogens with two attached hydrogens (primary N) is 1. The minimum absolute atomic E-state index is 0.0300. The standard InChI is InChI=1S/C19H25FN6O2/c1-2-3-12-9-17(26-7-6-14(10-26)22-18(28)11-27)25-19(23-12)24-13-4-5-15(20)16(21)8-13/h4-5,8-9,14,27H,2-3,6-7,10-11,21H2,1H3,(H,22,28)(H,23,24,25). The van der Waals surface area contributed by atoms with Crippen molar-refractivity contribution < 1.29 is 14.3 Å². The summed E-state index contributed by atoms with van der Waals surface area (Å²) in [6.07, 6.45) is 2.51. The predicted molar refractivity (Wildman–Crippen MR) is 106 cm³/mol. The minimum Gasteiger partial charge on any atom is -0.396 e. The number of nitrogen functional groups attached to an aromatic ring is 1. The second-order valence-electron chi connectivity index (χ2n) is 6.81. The van der Waals surface area contributed by atoms with Gasteiger partial charge < -0.3 is 26.4 Å². The number of benzene rings is 1. The Kier molecular flexibility index (Phi) is 6.25. The lowest BCUT2D eigenvalue weighted by molar-refractivity contribution is -0.124. The van der Waals surface area contributed by atoms with Crippen LogP contribution in [0.4, 0.5) is 27.5 Å². The number of hydrogen-bond acceptors (Lipinski definition) is 7. The van der Waals surface area contributed by atoms with Crippen LogP contribution < -0.4 is 21.3 Å². The van der Waals surface area contributed by atoms with Crippen LogP contribution in [-0.2, 0) is 11.2 Å². The van der Waals surface area contributed by atoms with Crippen molar-refractivity contribution in [1.82, 2.24) is 15.3 Å². The Bertz CT molecular complexity index is 847. The summed E-state index contributed by atoms with van der Waals surface area (Å²) in [5.41, 5.74) is 7.19. The first kappa shape index (κ1) is 19.8. The van der Waals surface area contributed by atoms with E-state index >= 15 is 0 Å². The molecule has 150 valence electrons. The highest BCUT2D eigenvalue weighted by Crippen LogP contribution is 2.24. The first-order chi connectivity index (χ1) is 13.5. The largest absolute Gasteiger partial charge is 0.396 e. The number of nitrogens with zero attached hydrogens (tertiary/aromatic N) is 3. The lowest BCUT2D eigenvalue weighted by Gasteiger charge is -2.19. The van der Waals surface area contributed by atoms with Gasteiger partial charge in [-0.25, -0.2) is 9.37 Å². The van der Waals surface area contributed by atoms with Gasteiger partial charge in [-0.2, -0.15) is 4.98 Å². The van der Waals surface area contributed by atoms with Crippen LogP contribution in [0.3, 0.4) is 0 Å². The van der Waals surface area contributed by atoms with Crippen LogP contribution in [0.25, 0.3) is 0 Å². The number of aryl methyl sites for hydroxylation is 1. The highest BCUT2D eigenvalue weighted by Gasteiger charge is 2.25. The maximum absolute atomic E-state index is 13.4. The number of halogens is 1. The van der Waals surface area contributed by atoms with E-state index in [-0.39, 0.29) is 17.6 Å². The Balaban J connectivity index is 1.79. The molecule has 0 radical (unpaired) electrons. The summed E-state index contributed by atoms with van der Waals surface area (Å²) in [5, 5.41) is 14.8. The number of aromatic nitrogens is 2. The van der Waals surface area contributed by atoms with Gasteiger partial charge in [0.25, 0.3) is 0 Å². The van der Waals surface area contributed by atoms with E-state index in [1.54, 1.807) is 6.07 Å². The van der Waals surface area contributed by atoms with E-state index in [1.165, 1.54) is 12.1 Å². The molecule has 3 rings (SSSR count). The normalized spacial score (nSPS) is 16.2. The first-order valence-electron chi connectivity index (χ1n) is 9.33. The van der Waals surface area contributed by atoms with Crippen LogP contribution in [0.5, 0.6) is 0 Å². The molecule has 5 N–H and O–H groups in total. The number of nitrogens with one attached hydrogen (secondary N) is 2. The average molecular weight is 388 g/mol. The molecule has 1 unspecified atom stereocenters. The number of carbonyl (C=O) groups is 1. The van der Waals surface area contributed by atoms with Gasteiger partial charge in [0.2, 0.25) is 11.9 Å². The van der Waals surface area contributed by atoms with Crippen molar-refractivity contribution in [3.63, 3.8) is 0 Å². The highest BCUT2D eigenvalue weighted by atomic mass is 19.1. The summed E-state index contributed by atoms with van der Waals surface area (Å²) in [7, 11) is 0. The fourth-order valence-corrected chi connectivity index (χ4v) is 3.20. The van der Waals surface area contributed by atoms with Gasteiger partial charge in [0.1, 0.15) is 18.2 Å². The number of amides is 1. The zero-order chi connectivity index (χ0) is 20.1. The van der Waals surface area contributed by atoms with Crippen LogP contribution in [0.15, 0.2) is 24.3 Å². The molecule has 0 saturated carbocycles. The van der Waals surface area contributed by atoms with Gasteiger partial charge in [-0.15, -0.1) is 0 Å². The Labute approximate surface area is 163 Å². The molecule has 2 heterocycles. The van der Waals surface area contributed by atoms with Crippen molar-refractivity contribution in [3.8, 4) is 0 Å². The summed E-state index contributed by atoms with van der Waals surface area (Å²) in [6.45, 7) is 2.91. The molecule has 28 heavy (non-hydrogen) atoms. The number of rotatable bonds is 7. The zero-order valence-electron chi connectivity index (χ0n) is 15.8. The maximum Gasteiger partial charge on any atom is 0.245 e. The lowest BCUT2D eigenvalue weighted by Crippen LogP contribution is -2.38. The van der Waals surface area contributed by atoms with Crippen molar-refractivity contribution in [1.29, 1.82) is 0 Å². The highest BCUT2D eigenvalue weighted by molar-refractivity contribution is 5.77. The fraction of sp³-hybridized carbons (Fsp3) is 0.421. The second-order valence-corrected chi connectivity index (χ2v) is 6.81. The second kappa shape index (κ2) is 8.83. The Morgan fingerprint density at radius 1 is 1.39 bits per heavy atom. The maximum atomic E-state index is 13.4. The molecule has 2 aromatic rings. The number of anilines is 4. The number of carbonyl (C=O) groups excluding carboxylic acids is 1. The third kappa shape index (κ3) is 4.86. The number of aliphatic hydroxyl groups is 1. The van der Waals surface area contributed by atoms with E-state index in [1.807, 2.05) is 6.07 Å². The van der Waals surface area contributed by atoms with Gasteiger partial charge in [-0.1, -0.05) is 13.3 Å². The Hall–Kier alpha value is -2.94. The molecule has 0 spiro atoms. The van der Waals surface area contributed by atoms with Crippen LogP contribution in [0.1, 0.15) is 25.5 Å². The topological polar surface area (TPSA) is 116 Å². The third-order valence-corrected chi connectivity index (χ3v) is 4.54. The summed E-state index contributed by atoms with van der Waals surface area (Å²) < 4.78 is 13.4. The molecule has 0 aliphatic carbocycles. The van der Waals surface area contributed by atoms with E-state index < -0.39 is 12.4 Å². The molecule has 1 aliphatic heterocycles. The third-order valence-electron chi connectivity index (χ3n) is 4.54. The van der Waals surface area contributed by atoms with E-state index in [9.17, 15) is 9.18 Å². The van der Waals surface area contributed by atoms with Crippen molar-refractivity contribution in [2.75, 3.05) is 35.6 Å². The number of hydrogen-bond donors (Lipinski definition) is 4. The van der Waals surface area contributed by atoms with Gasteiger partial charge in [0, 0.05) is 36.6 Å². The zero-order valence-corrected chi connectivity index (χ0v) is 15.8. The van der Waals surface area contributed by atoms with Crippen LogP contribution >= 0.6 is 0 Å². The van der Waals surface area contributed by atoms with Crippen molar-refractivity contribution >= 4 is 29.0 Å². The SMILES string of the molecule is CCCc1cc(N2CCC(NC(=O)CO)C2)nc(Nc2ccc(F)c(N)c2)n1. The van der Waals surface area contributed by atoms with Gasteiger partial charge in [0.15, 0.2) is 0 Å². The Morgan fingerprint density at radius 3 is 2.93 bits per heavy atom. The molecular weight excluding hydrogens is 363 g/mol. The van der Waals surface area contributed by atoms with Crippen molar-refractivity contribution in [2.24, 2.45) is 0 Å². The summed E-state index contributed by atoms with van der Waals surface area (Å²) in [4.78, 5) is 22.6. The van der Waals surface area contributed by atoms with Gasteiger partial charge in [0.05, 0.1) is 5.69 Å². The molecular formula is C19H25FN6O2. The van der Waals surface area contributed by atoms with E-state index in [0.29, 0.717) is 18.2 Å². The van der Waals surface area contributed by atoms with Gasteiger partial charge in [-0.3, -0.25) is 4.79 Å². The molecule has 1 aromatic heterocycles. The summed E-state index contributed by atoms with van der Waals surface area (Å²) in [6, 6.07) is 6.30. The van der Waals surface area contributed by atoms with E-state index in [4.69, 9.17) is 10.8 Å². The van der Waals surface area contributed by atoms with Crippen LogP contribution in [-0.4, -0.2) is 46.7 Å². The molecule has 1 atom stereocenters. The Morgan fingerprint density at radius 2 is 2.21 bits per heavy atom. The fourth-order valence-electron chi connectivity index (χ4n) is 3.20. The van der Waals surface area contributed by atoms with Crippen molar-refractivity contribution in [2.45, 2.75) is 32.2 Å². The summed E-state index contributed by atoms with van der Waals surface area (Å²) in [5.74, 6) is 0.323. The number of aliphatic hydroxyl groups excluding tert-OH is 1. The van der Waals surface area contributed by atoms with Crippen LogP contribution in [0, 0.1) is 5.82 Å². The summed E-state index contributed by atoms with van der Waals surface area (Å²) >= 11 is 0. The minimum atomic E-state index is -0.514. The van der Waals surface area contributed by atoms with E-state index in [2.05, 4.69) is 32.4 Å². The molecule has 1 aliphatic rings. The molecule has 1 amide bonds. The molecule has 1 saturated heterocycles. The van der Waals surface area contributed by atoms with Gasteiger partial charge in [-0.05, 0) is 31.0 Å². The molecule has 8 nitrogen and oxygen atoms in total. The molecule has 9 heteroatoms. The quantitative estimate of drug-likeness (QED) is 0.532. The smallest absolute Gasteiger partial charge is 0.245 e.